The maximum atomic E-state index is 12.5. The molecule has 6 rings (SSSR count). The third kappa shape index (κ3) is 3.42. The number of rotatable bonds is 4. The fraction of sp³-hybridized carbons (Fsp3) is 0.458. The van der Waals surface area contributed by atoms with Crippen molar-refractivity contribution in [3.63, 3.8) is 0 Å². The van der Waals surface area contributed by atoms with E-state index in [-0.39, 0.29) is 17.7 Å². The van der Waals surface area contributed by atoms with Crippen LogP contribution in [0.2, 0.25) is 0 Å². The third-order valence-corrected chi connectivity index (χ3v) is 6.84. The highest BCUT2D eigenvalue weighted by Gasteiger charge is 2.61. The Hall–Kier alpha value is -2.77. The minimum atomic E-state index is -0.389. The van der Waals surface area contributed by atoms with E-state index in [0.29, 0.717) is 13.2 Å². The van der Waals surface area contributed by atoms with Crippen LogP contribution in [-0.2, 0) is 17.8 Å². The summed E-state index contributed by atoms with van der Waals surface area (Å²) in [4.78, 5) is 19.3. The van der Waals surface area contributed by atoms with E-state index in [1.54, 1.807) is 0 Å². The van der Waals surface area contributed by atoms with Gasteiger partial charge in [0.05, 0.1) is 6.04 Å². The second kappa shape index (κ2) is 7.43. The van der Waals surface area contributed by atoms with Crippen LogP contribution >= 0.6 is 0 Å². The fourth-order valence-electron chi connectivity index (χ4n) is 5.34. The standard InChI is InChI=1S/C24H27N3O4/c28-23-27-9-8-25(13-18-4-2-1-3-5-18)15-22(27)24(31-23)16-26(17-24)14-19-6-7-20-21(12-19)30-11-10-29-20/h1-7,12,22H,8-11,13-17H2. The molecule has 0 radical (unpaired) electrons. The lowest BCUT2D eigenvalue weighted by molar-refractivity contribution is -0.107. The van der Waals surface area contributed by atoms with Crippen LogP contribution in [0.3, 0.4) is 0 Å². The lowest BCUT2D eigenvalue weighted by Crippen LogP contribution is -2.70. The van der Waals surface area contributed by atoms with E-state index >= 15 is 0 Å². The van der Waals surface area contributed by atoms with Crippen LogP contribution in [0.25, 0.3) is 0 Å². The van der Waals surface area contributed by atoms with Gasteiger partial charge in [-0.1, -0.05) is 36.4 Å². The predicted molar refractivity (Wildman–Crippen MR) is 114 cm³/mol. The van der Waals surface area contributed by atoms with Crippen LogP contribution in [0.1, 0.15) is 11.1 Å². The van der Waals surface area contributed by atoms with E-state index in [2.05, 4.69) is 46.2 Å². The fourth-order valence-corrected chi connectivity index (χ4v) is 5.34. The normalized spacial score (nSPS) is 24.6. The summed E-state index contributed by atoms with van der Waals surface area (Å²) in [5.74, 6) is 1.64. The Morgan fingerprint density at radius 2 is 1.65 bits per heavy atom. The maximum absolute atomic E-state index is 12.5. The first-order valence-corrected chi connectivity index (χ1v) is 11.1. The monoisotopic (exact) mass is 421 g/mol. The van der Waals surface area contributed by atoms with Gasteiger partial charge in [0, 0.05) is 45.8 Å². The van der Waals surface area contributed by atoms with Gasteiger partial charge in [-0.15, -0.1) is 0 Å². The molecular weight excluding hydrogens is 394 g/mol. The summed E-state index contributed by atoms with van der Waals surface area (Å²) in [7, 11) is 0. The molecule has 0 N–H and O–H groups in total. The lowest BCUT2D eigenvalue weighted by atomic mass is 9.84. The van der Waals surface area contributed by atoms with Gasteiger partial charge in [-0.2, -0.15) is 0 Å². The van der Waals surface area contributed by atoms with E-state index in [0.717, 1.165) is 57.3 Å². The average molecular weight is 421 g/mol. The second-order valence-corrected chi connectivity index (χ2v) is 8.99. The molecule has 0 aliphatic carbocycles. The number of piperazine rings is 1. The van der Waals surface area contributed by atoms with Gasteiger partial charge in [0.1, 0.15) is 13.2 Å². The number of hydrogen-bond acceptors (Lipinski definition) is 6. The highest BCUT2D eigenvalue weighted by molar-refractivity contribution is 5.72. The molecule has 31 heavy (non-hydrogen) atoms. The molecule has 3 saturated heterocycles. The second-order valence-electron chi connectivity index (χ2n) is 8.99. The van der Waals surface area contributed by atoms with Gasteiger partial charge in [-0.3, -0.25) is 14.7 Å². The number of amides is 1. The van der Waals surface area contributed by atoms with E-state index in [9.17, 15) is 4.79 Å². The van der Waals surface area contributed by atoms with Gasteiger partial charge in [-0.25, -0.2) is 4.79 Å². The average Bonchev–Trinajstić information content (AvgIpc) is 3.06. The zero-order valence-electron chi connectivity index (χ0n) is 17.5. The number of benzene rings is 2. The van der Waals surface area contributed by atoms with Gasteiger partial charge in [-0.05, 0) is 23.3 Å². The Kier molecular flexibility index (Phi) is 4.54. The Bertz CT molecular complexity index is 976. The quantitative estimate of drug-likeness (QED) is 0.756. The van der Waals surface area contributed by atoms with Crippen molar-refractivity contribution in [1.29, 1.82) is 0 Å². The summed E-state index contributed by atoms with van der Waals surface area (Å²) >= 11 is 0. The van der Waals surface area contributed by atoms with Crippen LogP contribution in [-0.4, -0.2) is 78.4 Å². The molecule has 0 saturated carbocycles. The highest BCUT2D eigenvalue weighted by atomic mass is 16.6. The minimum Gasteiger partial charge on any atom is -0.486 e. The van der Waals surface area contributed by atoms with Gasteiger partial charge in [0.25, 0.3) is 0 Å². The number of nitrogens with zero attached hydrogens (tertiary/aromatic N) is 3. The van der Waals surface area contributed by atoms with Crippen molar-refractivity contribution >= 4 is 6.09 Å². The predicted octanol–water partition coefficient (Wildman–Crippen LogP) is 2.35. The molecule has 4 aliphatic heterocycles. The van der Waals surface area contributed by atoms with Gasteiger partial charge in [0.2, 0.25) is 0 Å². The minimum absolute atomic E-state index is 0.119. The van der Waals surface area contributed by atoms with Gasteiger partial charge >= 0.3 is 6.09 Å². The number of hydrogen-bond donors (Lipinski definition) is 0. The van der Waals surface area contributed by atoms with Crippen LogP contribution in [0.5, 0.6) is 11.5 Å². The highest BCUT2D eigenvalue weighted by Crippen LogP contribution is 2.41. The Morgan fingerprint density at radius 3 is 2.48 bits per heavy atom. The summed E-state index contributed by atoms with van der Waals surface area (Å²) in [6.07, 6.45) is -0.150. The summed E-state index contributed by atoms with van der Waals surface area (Å²) in [6.45, 7) is 6.95. The number of fused-ring (bicyclic) bond motifs is 3. The van der Waals surface area contributed by atoms with Crippen LogP contribution in [0.15, 0.2) is 48.5 Å². The number of carbonyl (C=O) groups is 1. The molecule has 162 valence electrons. The summed E-state index contributed by atoms with van der Waals surface area (Å²) in [5, 5.41) is 0. The first-order chi connectivity index (χ1) is 15.2. The van der Waals surface area contributed by atoms with E-state index in [1.165, 1.54) is 11.1 Å². The molecule has 4 aliphatic rings. The maximum Gasteiger partial charge on any atom is 0.410 e. The van der Waals surface area contributed by atoms with E-state index in [1.807, 2.05) is 17.0 Å². The van der Waals surface area contributed by atoms with Gasteiger partial charge < -0.3 is 14.2 Å². The zero-order chi connectivity index (χ0) is 20.8. The molecule has 1 spiro atoms. The Morgan fingerprint density at radius 1 is 0.871 bits per heavy atom. The molecule has 0 bridgehead atoms. The molecule has 2 aromatic carbocycles. The molecule has 7 heteroatoms. The van der Waals surface area contributed by atoms with Crippen molar-refractivity contribution in [2.24, 2.45) is 0 Å². The van der Waals surface area contributed by atoms with Gasteiger partial charge in [0.15, 0.2) is 17.1 Å². The summed E-state index contributed by atoms with van der Waals surface area (Å²) in [5.41, 5.74) is 2.11. The molecule has 2 aromatic rings. The molecule has 1 atom stereocenters. The summed E-state index contributed by atoms with van der Waals surface area (Å²) < 4.78 is 17.3. The van der Waals surface area contributed by atoms with Crippen LogP contribution in [0.4, 0.5) is 4.79 Å². The first kappa shape index (κ1) is 19.0. The Balaban J connectivity index is 1.11. The zero-order valence-corrected chi connectivity index (χ0v) is 17.5. The lowest BCUT2D eigenvalue weighted by Gasteiger charge is -2.51. The topological polar surface area (TPSA) is 54.5 Å². The van der Waals surface area contributed by atoms with Crippen LogP contribution in [0, 0.1) is 0 Å². The SMILES string of the molecule is O=C1OC2(CN(Cc3ccc4c(c3)OCCO4)C2)C2CN(Cc3ccccc3)CCN12. The van der Waals surface area contributed by atoms with Crippen LogP contribution < -0.4 is 9.47 Å². The van der Waals surface area contributed by atoms with Crippen molar-refractivity contribution in [3.8, 4) is 11.5 Å². The number of ether oxygens (including phenoxy) is 3. The van der Waals surface area contributed by atoms with Crippen molar-refractivity contribution in [3.05, 3.63) is 59.7 Å². The molecule has 4 heterocycles. The smallest absolute Gasteiger partial charge is 0.410 e. The number of carbonyl (C=O) groups excluding carboxylic acids is 1. The number of likely N-dealkylation sites (tertiary alicyclic amines) is 1. The molecule has 1 amide bonds. The van der Waals surface area contributed by atoms with Crippen molar-refractivity contribution in [2.75, 3.05) is 45.9 Å². The molecular formula is C24H27N3O4. The molecule has 3 fully saturated rings. The summed E-state index contributed by atoms with van der Waals surface area (Å²) in [6, 6.07) is 16.8. The molecule has 0 aromatic heterocycles. The molecule has 1 unspecified atom stereocenters. The largest absolute Gasteiger partial charge is 0.486 e. The third-order valence-electron chi connectivity index (χ3n) is 6.84. The van der Waals surface area contributed by atoms with Crippen molar-refractivity contribution < 1.29 is 19.0 Å². The van der Waals surface area contributed by atoms with E-state index in [4.69, 9.17) is 14.2 Å². The van der Waals surface area contributed by atoms with Crippen molar-refractivity contribution in [1.82, 2.24) is 14.7 Å². The van der Waals surface area contributed by atoms with E-state index < -0.39 is 0 Å². The molecule has 7 nitrogen and oxygen atoms in total. The first-order valence-electron chi connectivity index (χ1n) is 11.1. The van der Waals surface area contributed by atoms with Crippen molar-refractivity contribution in [2.45, 2.75) is 24.7 Å². The Labute approximate surface area is 182 Å².